The van der Waals surface area contributed by atoms with Crippen LogP contribution in [0.2, 0.25) is 0 Å². The molecule has 30 heavy (non-hydrogen) atoms. The second-order valence-corrected chi connectivity index (χ2v) is 7.37. The first-order chi connectivity index (χ1) is 14.5. The van der Waals surface area contributed by atoms with Gasteiger partial charge in [0, 0.05) is 39.3 Å². The molecule has 2 saturated heterocycles. The fraction of sp³-hybridized carbons (Fsp3) is 0.381. The number of carbonyl (C=O) groups is 2. The van der Waals surface area contributed by atoms with E-state index < -0.39 is 12.2 Å². The number of pyridine rings is 1. The lowest BCUT2D eigenvalue weighted by atomic mass is 10.2. The number of nitrogens with zero attached hydrogens (tertiary/aromatic N) is 4. The van der Waals surface area contributed by atoms with Crippen LogP contribution in [0.4, 0.5) is 26.2 Å². The Balaban J connectivity index is 1.39. The highest BCUT2D eigenvalue weighted by Gasteiger charge is 2.33. The summed E-state index contributed by atoms with van der Waals surface area (Å²) in [6.45, 7) is 4.83. The Morgan fingerprint density at radius 3 is 2.63 bits per heavy atom. The molecule has 2 fully saturated rings. The lowest BCUT2D eigenvalue weighted by Gasteiger charge is -2.37. The molecule has 2 aromatic rings. The van der Waals surface area contributed by atoms with Crippen LogP contribution in [0.3, 0.4) is 0 Å². The molecule has 0 aliphatic carbocycles. The number of halogens is 1. The van der Waals surface area contributed by atoms with Gasteiger partial charge in [-0.15, -0.1) is 0 Å². The van der Waals surface area contributed by atoms with Crippen molar-refractivity contribution in [3.8, 4) is 0 Å². The van der Waals surface area contributed by atoms with Crippen LogP contribution in [0, 0.1) is 5.82 Å². The molecule has 0 spiro atoms. The topological polar surface area (TPSA) is 78.0 Å². The fourth-order valence-corrected chi connectivity index (χ4v) is 3.76. The van der Waals surface area contributed by atoms with E-state index in [2.05, 4.69) is 15.2 Å². The molecule has 9 heteroatoms. The van der Waals surface area contributed by atoms with Gasteiger partial charge in [-0.2, -0.15) is 0 Å². The molecule has 1 aromatic carbocycles. The van der Waals surface area contributed by atoms with Gasteiger partial charge in [0.25, 0.3) is 0 Å². The van der Waals surface area contributed by atoms with Gasteiger partial charge in [-0.05, 0) is 30.3 Å². The van der Waals surface area contributed by atoms with Crippen LogP contribution in [0.15, 0.2) is 42.7 Å². The van der Waals surface area contributed by atoms with Crippen molar-refractivity contribution < 1.29 is 18.7 Å². The maximum atomic E-state index is 14.9. The second-order valence-electron chi connectivity index (χ2n) is 7.37. The molecule has 3 heterocycles. The second kappa shape index (κ2) is 8.56. The van der Waals surface area contributed by atoms with Crippen LogP contribution in [-0.4, -0.2) is 62.4 Å². The van der Waals surface area contributed by atoms with Gasteiger partial charge in [-0.3, -0.25) is 14.7 Å². The van der Waals surface area contributed by atoms with Gasteiger partial charge >= 0.3 is 6.09 Å². The highest BCUT2D eigenvalue weighted by Crippen LogP contribution is 2.29. The van der Waals surface area contributed by atoms with E-state index in [4.69, 9.17) is 4.74 Å². The number of amides is 2. The summed E-state index contributed by atoms with van der Waals surface area (Å²) in [4.78, 5) is 33.0. The van der Waals surface area contributed by atoms with Gasteiger partial charge in [0.05, 0.1) is 36.3 Å². The van der Waals surface area contributed by atoms with Crippen molar-refractivity contribution in [2.45, 2.75) is 13.0 Å². The third-order valence-corrected chi connectivity index (χ3v) is 5.33. The zero-order valence-corrected chi connectivity index (χ0v) is 16.8. The number of cyclic esters (lactones) is 1. The molecule has 8 nitrogen and oxygen atoms in total. The Labute approximate surface area is 174 Å². The number of anilines is 3. The van der Waals surface area contributed by atoms with Crippen LogP contribution in [0.5, 0.6) is 0 Å². The van der Waals surface area contributed by atoms with E-state index in [1.807, 2.05) is 23.2 Å². The average molecular weight is 413 g/mol. The molecular formula is C21H24FN5O3. The van der Waals surface area contributed by atoms with Crippen LogP contribution in [0.25, 0.3) is 0 Å². The number of hydrogen-bond donors (Lipinski definition) is 1. The zero-order valence-electron chi connectivity index (χ0n) is 16.8. The van der Waals surface area contributed by atoms with E-state index in [1.54, 1.807) is 18.3 Å². The lowest BCUT2D eigenvalue weighted by molar-refractivity contribution is -0.119. The molecule has 2 amide bonds. The highest BCUT2D eigenvalue weighted by molar-refractivity contribution is 5.90. The predicted molar refractivity (Wildman–Crippen MR) is 111 cm³/mol. The van der Waals surface area contributed by atoms with Crippen LogP contribution in [0.1, 0.15) is 6.92 Å². The van der Waals surface area contributed by atoms with Crippen molar-refractivity contribution in [2.24, 2.45) is 0 Å². The van der Waals surface area contributed by atoms with E-state index in [-0.39, 0.29) is 24.8 Å². The first-order valence-corrected chi connectivity index (χ1v) is 9.93. The number of piperazine rings is 1. The number of carbonyl (C=O) groups excluding carboxylic acids is 2. The SMILES string of the molecule is CC(=O)NCC1CN(c2ccc(N3CCN(c4cccnc4)CC3)c(F)c2)C(=O)O1. The number of hydrogen-bond acceptors (Lipinski definition) is 6. The minimum atomic E-state index is -0.539. The summed E-state index contributed by atoms with van der Waals surface area (Å²) in [6, 6.07) is 8.73. The first-order valence-electron chi connectivity index (χ1n) is 9.93. The van der Waals surface area contributed by atoms with Gasteiger partial charge in [0.1, 0.15) is 11.9 Å². The van der Waals surface area contributed by atoms with E-state index in [0.29, 0.717) is 24.5 Å². The molecule has 2 aliphatic heterocycles. The molecule has 1 aromatic heterocycles. The van der Waals surface area contributed by atoms with Crippen molar-refractivity contribution in [1.29, 1.82) is 0 Å². The molecule has 1 unspecified atom stereocenters. The number of ether oxygens (including phenoxy) is 1. The van der Waals surface area contributed by atoms with Crippen molar-refractivity contribution in [1.82, 2.24) is 10.3 Å². The number of nitrogens with one attached hydrogen (secondary N) is 1. The van der Waals surface area contributed by atoms with Gasteiger partial charge in [0.2, 0.25) is 5.91 Å². The summed E-state index contributed by atoms with van der Waals surface area (Å²) < 4.78 is 20.1. The van der Waals surface area contributed by atoms with E-state index in [1.165, 1.54) is 17.9 Å². The number of benzene rings is 1. The van der Waals surface area contributed by atoms with Crippen LogP contribution in [-0.2, 0) is 9.53 Å². The summed E-state index contributed by atoms with van der Waals surface area (Å²) in [6.07, 6.45) is 2.58. The van der Waals surface area contributed by atoms with Crippen molar-refractivity contribution >= 4 is 29.1 Å². The Bertz CT molecular complexity index is 918. The van der Waals surface area contributed by atoms with E-state index in [0.717, 1.165) is 18.8 Å². The Hall–Kier alpha value is -3.36. The van der Waals surface area contributed by atoms with Crippen molar-refractivity contribution in [2.75, 3.05) is 54.0 Å². The summed E-state index contributed by atoms with van der Waals surface area (Å²) in [5.74, 6) is -0.566. The largest absolute Gasteiger partial charge is 0.442 e. The summed E-state index contributed by atoms with van der Waals surface area (Å²) in [5, 5.41) is 2.63. The maximum absolute atomic E-state index is 14.9. The molecule has 2 aliphatic rings. The molecule has 0 bridgehead atoms. The molecule has 0 saturated carbocycles. The molecular weight excluding hydrogens is 389 g/mol. The van der Waals surface area contributed by atoms with Crippen molar-refractivity contribution in [3.63, 3.8) is 0 Å². The molecule has 0 radical (unpaired) electrons. The Morgan fingerprint density at radius 2 is 1.97 bits per heavy atom. The molecule has 158 valence electrons. The van der Waals surface area contributed by atoms with Gasteiger partial charge in [-0.1, -0.05) is 0 Å². The quantitative estimate of drug-likeness (QED) is 0.808. The normalized spacial score (nSPS) is 19.1. The molecule has 1 N–H and O–H groups in total. The summed E-state index contributed by atoms with van der Waals surface area (Å²) in [5.41, 5.74) is 2.03. The third-order valence-electron chi connectivity index (χ3n) is 5.33. The van der Waals surface area contributed by atoms with Crippen LogP contribution < -0.4 is 20.0 Å². The number of aromatic nitrogens is 1. The Morgan fingerprint density at radius 1 is 1.20 bits per heavy atom. The standard InChI is InChI=1S/C21H24FN5O3/c1-15(28)24-13-18-14-27(21(29)30-18)16-4-5-20(19(22)11-16)26-9-7-25(8-10-26)17-3-2-6-23-12-17/h2-6,11-12,18H,7-10,13-14H2,1H3,(H,24,28). The van der Waals surface area contributed by atoms with Crippen molar-refractivity contribution in [3.05, 3.63) is 48.5 Å². The van der Waals surface area contributed by atoms with Gasteiger partial charge in [-0.25, -0.2) is 9.18 Å². The summed E-state index contributed by atoms with van der Waals surface area (Å²) >= 11 is 0. The number of rotatable bonds is 5. The predicted octanol–water partition coefficient (Wildman–Crippen LogP) is 2.01. The monoisotopic (exact) mass is 413 g/mol. The molecule has 4 rings (SSSR count). The third kappa shape index (κ3) is 4.29. The van der Waals surface area contributed by atoms with Gasteiger partial charge < -0.3 is 19.9 Å². The zero-order chi connectivity index (χ0) is 21.1. The fourth-order valence-electron chi connectivity index (χ4n) is 3.76. The summed E-state index contributed by atoms with van der Waals surface area (Å²) in [7, 11) is 0. The molecule has 1 atom stereocenters. The smallest absolute Gasteiger partial charge is 0.414 e. The van der Waals surface area contributed by atoms with E-state index >= 15 is 0 Å². The highest BCUT2D eigenvalue weighted by atomic mass is 19.1. The Kier molecular flexibility index (Phi) is 5.69. The van der Waals surface area contributed by atoms with Gasteiger partial charge in [0.15, 0.2) is 0 Å². The average Bonchev–Trinajstić information content (AvgIpc) is 3.13. The van der Waals surface area contributed by atoms with Crippen LogP contribution >= 0.6 is 0 Å². The maximum Gasteiger partial charge on any atom is 0.414 e. The first kappa shape index (κ1) is 19.9. The minimum Gasteiger partial charge on any atom is -0.442 e. The van der Waals surface area contributed by atoms with E-state index in [9.17, 15) is 14.0 Å². The lowest BCUT2D eigenvalue weighted by Crippen LogP contribution is -2.46. The minimum absolute atomic E-state index is 0.191.